The maximum atomic E-state index is 13.6. The lowest BCUT2D eigenvalue weighted by molar-refractivity contribution is -0.929. The first kappa shape index (κ1) is 25.4. The SMILES string of the molecule is Cc1ccc(-c2cc3c(c(C(=O)Nc4ccc(C[N+](C)(C)C5CCOCC5)cc4)c2)CCCC=C3)cc1. The van der Waals surface area contributed by atoms with Gasteiger partial charge < -0.3 is 14.5 Å². The Balaban J connectivity index is 1.36. The summed E-state index contributed by atoms with van der Waals surface area (Å²) in [4.78, 5) is 13.6. The van der Waals surface area contributed by atoms with E-state index in [1.165, 1.54) is 11.1 Å². The molecule has 0 atom stereocenters. The van der Waals surface area contributed by atoms with Gasteiger partial charge >= 0.3 is 0 Å². The van der Waals surface area contributed by atoms with Crippen LogP contribution in [0.3, 0.4) is 0 Å². The Morgan fingerprint density at radius 1 is 0.973 bits per heavy atom. The molecular formula is C33H39N2O2+. The van der Waals surface area contributed by atoms with Crippen molar-refractivity contribution in [1.29, 1.82) is 0 Å². The van der Waals surface area contributed by atoms with Gasteiger partial charge in [-0.3, -0.25) is 4.79 Å². The van der Waals surface area contributed by atoms with Gasteiger partial charge in [-0.15, -0.1) is 0 Å². The van der Waals surface area contributed by atoms with Crippen LogP contribution in [0.15, 0.2) is 66.7 Å². The number of carbonyl (C=O) groups is 1. The van der Waals surface area contributed by atoms with Gasteiger partial charge in [0.25, 0.3) is 5.91 Å². The molecule has 0 aromatic heterocycles. The third-order valence-corrected chi connectivity index (χ3v) is 7.99. The van der Waals surface area contributed by atoms with E-state index >= 15 is 0 Å². The number of anilines is 1. The highest BCUT2D eigenvalue weighted by Crippen LogP contribution is 2.31. The van der Waals surface area contributed by atoms with Gasteiger partial charge in [0.1, 0.15) is 6.54 Å². The summed E-state index contributed by atoms with van der Waals surface area (Å²) in [6, 6.07) is 21.8. The second-order valence-corrected chi connectivity index (χ2v) is 11.2. The summed E-state index contributed by atoms with van der Waals surface area (Å²) >= 11 is 0. The molecule has 0 bridgehead atoms. The molecule has 0 radical (unpaired) electrons. The summed E-state index contributed by atoms with van der Waals surface area (Å²) in [5.74, 6) is -0.0356. The van der Waals surface area contributed by atoms with E-state index in [0.29, 0.717) is 6.04 Å². The third kappa shape index (κ3) is 6.03. The summed E-state index contributed by atoms with van der Waals surface area (Å²) < 4.78 is 6.52. The number of nitrogens with one attached hydrogen (secondary N) is 1. The lowest BCUT2D eigenvalue weighted by atomic mass is 9.91. The number of allylic oxidation sites excluding steroid dienone is 1. The van der Waals surface area contributed by atoms with Crippen LogP contribution in [0.2, 0.25) is 0 Å². The third-order valence-electron chi connectivity index (χ3n) is 7.99. The fourth-order valence-corrected chi connectivity index (χ4v) is 5.72. The van der Waals surface area contributed by atoms with E-state index in [2.05, 4.69) is 87.0 Å². The average Bonchev–Trinajstić information content (AvgIpc) is 3.15. The smallest absolute Gasteiger partial charge is 0.255 e. The number of aryl methyl sites for hydroxylation is 1. The Kier molecular flexibility index (Phi) is 7.59. The Morgan fingerprint density at radius 2 is 1.70 bits per heavy atom. The fourth-order valence-electron chi connectivity index (χ4n) is 5.72. The number of nitrogens with zero attached hydrogens (tertiary/aromatic N) is 1. The van der Waals surface area contributed by atoms with E-state index in [-0.39, 0.29) is 5.91 Å². The molecule has 1 saturated heterocycles. The van der Waals surface area contributed by atoms with Gasteiger partial charge in [-0.2, -0.15) is 0 Å². The summed E-state index contributed by atoms with van der Waals surface area (Å²) in [5, 5.41) is 3.19. The van der Waals surface area contributed by atoms with Crippen LogP contribution in [0.25, 0.3) is 17.2 Å². The van der Waals surface area contributed by atoms with Crippen molar-refractivity contribution in [3.63, 3.8) is 0 Å². The standard InChI is InChI=1S/C33H38N2O2/c1-24-9-13-26(14-10-24)28-21-27-7-5-4-6-8-31(27)32(22-28)33(36)34-29-15-11-25(12-16-29)23-35(2,3)30-17-19-37-20-18-30/h5,7,9-16,21-22,30H,4,6,8,17-20,23H2,1-3H3/p+1. The van der Waals surface area contributed by atoms with Crippen LogP contribution >= 0.6 is 0 Å². The van der Waals surface area contributed by atoms with E-state index in [1.54, 1.807) is 0 Å². The first-order chi connectivity index (χ1) is 17.9. The van der Waals surface area contributed by atoms with Crippen LogP contribution in [0, 0.1) is 6.92 Å². The van der Waals surface area contributed by atoms with Gasteiger partial charge in [-0.25, -0.2) is 0 Å². The van der Waals surface area contributed by atoms with Crippen LogP contribution in [0.5, 0.6) is 0 Å². The maximum absolute atomic E-state index is 13.6. The van der Waals surface area contributed by atoms with Crippen LogP contribution in [-0.4, -0.2) is 43.7 Å². The molecular weight excluding hydrogens is 456 g/mol. The zero-order valence-corrected chi connectivity index (χ0v) is 22.4. The Hall–Kier alpha value is -3.21. The number of rotatable bonds is 6. The van der Waals surface area contributed by atoms with Crippen LogP contribution < -0.4 is 5.32 Å². The number of amides is 1. The summed E-state index contributed by atoms with van der Waals surface area (Å²) in [5.41, 5.74) is 8.65. The van der Waals surface area contributed by atoms with E-state index in [0.717, 1.165) is 89.9 Å². The molecule has 0 unspecified atom stereocenters. The van der Waals surface area contributed by atoms with E-state index in [1.807, 2.05) is 12.1 Å². The van der Waals surface area contributed by atoms with Crippen molar-refractivity contribution in [3.8, 4) is 11.1 Å². The van der Waals surface area contributed by atoms with Crippen molar-refractivity contribution < 1.29 is 14.0 Å². The molecule has 192 valence electrons. The quantitative estimate of drug-likeness (QED) is 0.373. The Bertz CT molecular complexity index is 1270. The first-order valence-electron chi connectivity index (χ1n) is 13.6. The van der Waals surface area contributed by atoms with E-state index in [9.17, 15) is 4.79 Å². The largest absolute Gasteiger partial charge is 0.381 e. The highest BCUT2D eigenvalue weighted by atomic mass is 16.5. The van der Waals surface area contributed by atoms with E-state index in [4.69, 9.17) is 4.74 Å². The second kappa shape index (κ2) is 11.0. The van der Waals surface area contributed by atoms with Crippen LogP contribution in [0.1, 0.15) is 58.3 Å². The average molecular weight is 496 g/mol. The van der Waals surface area contributed by atoms with Gasteiger partial charge in [0.2, 0.25) is 0 Å². The number of ether oxygens (including phenoxy) is 1. The normalized spacial score (nSPS) is 16.2. The molecule has 1 N–H and O–H groups in total. The molecule has 3 aromatic carbocycles. The molecule has 5 rings (SSSR count). The highest BCUT2D eigenvalue weighted by molar-refractivity contribution is 6.06. The van der Waals surface area contributed by atoms with Crippen molar-refractivity contribution in [2.45, 2.75) is 51.6 Å². The molecule has 1 amide bonds. The lowest BCUT2D eigenvalue weighted by Crippen LogP contribution is -2.50. The molecule has 0 saturated carbocycles. The molecule has 2 aliphatic rings. The number of benzene rings is 3. The van der Waals surface area contributed by atoms with Gasteiger partial charge in [0.15, 0.2) is 0 Å². The van der Waals surface area contributed by atoms with Crippen molar-refractivity contribution >= 4 is 17.7 Å². The predicted octanol–water partition coefficient (Wildman–Crippen LogP) is 7.02. The van der Waals surface area contributed by atoms with Gasteiger partial charge in [-0.05, 0) is 72.7 Å². The number of hydrogen-bond acceptors (Lipinski definition) is 2. The zero-order valence-electron chi connectivity index (χ0n) is 22.4. The van der Waals surface area contributed by atoms with Gasteiger partial charge in [-0.1, -0.05) is 54.1 Å². The van der Waals surface area contributed by atoms with Crippen molar-refractivity contribution in [3.05, 3.63) is 94.6 Å². The minimum absolute atomic E-state index is 0.0356. The van der Waals surface area contributed by atoms with Crippen LogP contribution in [0.4, 0.5) is 5.69 Å². The fraction of sp³-hybridized carbons (Fsp3) is 0.364. The minimum Gasteiger partial charge on any atom is -0.381 e. The summed E-state index contributed by atoms with van der Waals surface area (Å²) in [6.07, 6.45) is 9.65. The van der Waals surface area contributed by atoms with E-state index < -0.39 is 0 Å². The minimum atomic E-state index is -0.0356. The topological polar surface area (TPSA) is 38.3 Å². The number of carbonyl (C=O) groups excluding carboxylic acids is 1. The molecule has 1 aliphatic heterocycles. The second-order valence-electron chi connectivity index (χ2n) is 11.2. The first-order valence-corrected chi connectivity index (χ1v) is 13.6. The van der Waals surface area contributed by atoms with Gasteiger partial charge in [0.05, 0.1) is 33.4 Å². The Labute approximate surface area is 221 Å². The van der Waals surface area contributed by atoms with Gasteiger partial charge in [0, 0.05) is 29.7 Å². The molecule has 1 heterocycles. The van der Waals surface area contributed by atoms with Crippen molar-refractivity contribution in [2.75, 3.05) is 32.6 Å². The molecule has 1 aliphatic carbocycles. The highest BCUT2D eigenvalue weighted by Gasteiger charge is 2.30. The molecule has 0 spiro atoms. The molecule has 37 heavy (non-hydrogen) atoms. The lowest BCUT2D eigenvalue weighted by Gasteiger charge is -2.40. The summed E-state index contributed by atoms with van der Waals surface area (Å²) in [6.45, 7) is 4.79. The molecule has 4 heteroatoms. The molecule has 4 nitrogen and oxygen atoms in total. The Morgan fingerprint density at radius 3 is 2.43 bits per heavy atom. The van der Waals surface area contributed by atoms with Crippen LogP contribution in [-0.2, 0) is 17.7 Å². The monoisotopic (exact) mass is 495 g/mol. The van der Waals surface area contributed by atoms with Crippen molar-refractivity contribution in [1.82, 2.24) is 0 Å². The van der Waals surface area contributed by atoms with Crippen molar-refractivity contribution in [2.24, 2.45) is 0 Å². The molecule has 3 aromatic rings. The maximum Gasteiger partial charge on any atom is 0.255 e. The predicted molar refractivity (Wildman–Crippen MR) is 153 cm³/mol. The number of fused-ring (bicyclic) bond motifs is 1. The number of quaternary nitrogens is 1. The molecule has 1 fully saturated rings. The zero-order chi connectivity index (χ0) is 25.8. The number of hydrogen-bond donors (Lipinski definition) is 1. The summed E-state index contributed by atoms with van der Waals surface area (Å²) in [7, 11) is 4.62.